The smallest absolute Gasteiger partial charge is 0.191 e. The lowest BCUT2D eigenvalue weighted by molar-refractivity contribution is 0.119. The number of benzene rings is 1. The number of methoxy groups -OCH3 is 1. The summed E-state index contributed by atoms with van der Waals surface area (Å²) in [5, 5.41) is 7.72. The van der Waals surface area contributed by atoms with E-state index in [1.165, 1.54) is 4.88 Å². The Bertz CT molecular complexity index is 698. The van der Waals surface area contributed by atoms with Crippen LogP contribution in [0.25, 0.3) is 0 Å². The molecule has 0 unspecified atom stereocenters. The maximum absolute atomic E-state index is 5.71. The van der Waals surface area contributed by atoms with Gasteiger partial charge < -0.3 is 20.1 Å². The lowest BCUT2D eigenvalue weighted by atomic mass is 10.2. The van der Waals surface area contributed by atoms with E-state index in [1.807, 2.05) is 38.1 Å². The van der Waals surface area contributed by atoms with Crippen molar-refractivity contribution in [3.05, 3.63) is 45.4 Å². The Kier molecular flexibility index (Phi) is 8.37. The van der Waals surface area contributed by atoms with Crippen LogP contribution in [0.5, 0.6) is 5.75 Å². The fraction of sp³-hybridized carbons (Fsp3) is 0.474. The van der Waals surface area contributed by atoms with Crippen LogP contribution in [0.4, 0.5) is 0 Å². The lowest BCUT2D eigenvalue weighted by Crippen LogP contribution is -2.37. The Morgan fingerprint density at radius 2 is 1.96 bits per heavy atom. The summed E-state index contributed by atoms with van der Waals surface area (Å²) in [6.45, 7) is 6.93. The summed E-state index contributed by atoms with van der Waals surface area (Å²) < 4.78 is 10.9. The van der Waals surface area contributed by atoms with E-state index in [0.717, 1.165) is 47.5 Å². The molecule has 0 radical (unpaired) electrons. The van der Waals surface area contributed by atoms with Crippen molar-refractivity contribution >= 4 is 17.3 Å². The molecule has 1 aromatic carbocycles. The fourth-order valence-corrected chi connectivity index (χ4v) is 3.29. The summed E-state index contributed by atoms with van der Waals surface area (Å²) in [5.74, 6) is 1.66. The number of guanidine groups is 1. The number of rotatable bonds is 9. The molecule has 0 atom stereocenters. The zero-order valence-electron chi connectivity index (χ0n) is 16.0. The molecule has 7 heteroatoms. The van der Waals surface area contributed by atoms with E-state index in [9.17, 15) is 0 Å². The Balaban J connectivity index is 1.59. The highest BCUT2D eigenvalue weighted by atomic mass is 32.1. The van der Waals surface area contributed by atoms with Gasteiger partial charge in [0.05, 0.1) is 31.0 Å². The molecule has 142 valence electrons. The van der Waals surface area contributed by atoms with Gasteiger partial charge in [-0.1, -0.05) is 12.1 Å². The molecule has 0 fully saturated rings. The van der Waals surface area contributed by atoms with Gasteiger partial charge in [-0.3, -0.25) is 4.99 Å². The van der Waals surface area contributed by atoms with Gasteiger partial charge in [0.2, 0.25) is 0 Å². The SMILES string of the molecule is CN=C(NCCCOCc1ccc(OC)cc1)NCc1sc(C)nc1C. The van der Waals surface area contributed by atoms with Crippen LogP contribution in [0, 0.1) is 13.8 Å². The number of aliphatic imine (C=N–C) groups is 1. The molecule has 2 aromatic rings. The van der Waals surface area contributed by atoms with Crippen LogP contribution in [-0.2, 0) is 17.9 Å². The molecule has 0 aliphatic carbocycles. The van der Waals surface area contributed by atoms with Crippen molar-refractivity contribution < 1.29 is 9.47 Å². The molecule has 0 aliphatic rings. The van der Waals surface area contributed by atoms with Crippen molar-refractivity contribution in [3.63, 3.8) is 0 Å². The van der Waals surface area contributed by atoms with Crippen molar-refractivity contribution in [2.24, 2.45) is 4.99 Å². The van der Waals surface area contributed by atoms with Gasteiger partial charge >= 0.3 is 0 Å². The van der Waals surface area contributed by atoms with Gasteiger partial charge in [-0.05, 0) is 38.0 Å². The third kappa shape index (κ3) is 6.65. The molecule has 26 heavy (non-hydrogen) atoms. The zero-order chi connectivity index (χ0) is 18.8. The largest absolute Gasteiger partial charge is 0.497 e. The monoisotopic (exact) mass is 376 g/mol. The molecule has 0 saturated heterocycles. The molecule has 0 spiro atoms. The quantitative estimate of drug-likeness (QED) is 0.400. The minimum atomic E-state index is 0.612. The Hall–Kier alpha value is -2.12. The van der Waals surface area contributed by atoms with E-state index < -0.39 is 0 Å². The second kappa shape index (κ2) is 10.8. The number of nitrogens with zero attached hydrogens (tertiary/aromatic N) is 2. The summed E-state index contributed by atoms with van der Waals surface area (Å²) in [4.78, 5) is 9.93. The average molecular weight is 377 g/mol. The van der Waals surface area contributed by atoms with Gasteiger partial charge in [-0.2, -0.15) is 0 Å². The van der Waals surface area contributed by atoms with E-state index >= 15 is 0 Å². The maximum Gasteiger partial charge on any atom is 0.191 e. The van der Waals surface area contributed by atoms with Crippen LogP contribution in [-0.4, -0.2) is 38.3 Å². The van der Waals surface area contributed by atoms with Crippen molar-refractivity contribution in [3.8, 4) is 5.75 Å². The summed E-state index contributed by atoms with van der Waals surface area (Å²) in [6.07, 6.45) is 0.912. The van der Waals surface area contributed by atoms with Crippen molar-refractivity contribution in [1.82, 2.24) is 15.6 Å². The first-order valence-electron chi connectivity index (χ1n) is 8.70. The number of hydrogen-bond donors (Lipinski definition) is 2. The molecule has 0 saturated carbocycles. The van der Waals surface area contributed by atoms with Gasteiger partial charge in [0.25, 0.3) is 0 Å². The van der Waals surface area contributed by atoms with Gasteiger partial charge in [0.15, 0.2) is 5.96 Å². The predicted molar refractivity (Wildman–Crippen MR) is 107 cm³/mol. The first kappa shape index (κ1) is 20.2. The molecule has 2 rings (SSSR count). The number of aromatic nitrogens is 1. The Labute approximate surface area is 159 Å². The van der Waals surface area contributed by atoms with Gasteiger partial charge in [-0.25, -0.2) is 4.98 Å². The topological polar surface area (TPSA) is 67.8 Å². The molecular weight excluding hydrogens is 348 g/mol. The standard InChI is InChI=1S/C19H28N4O2S/c1-14-18(26-15(2)23-14)12-22-19(20-3)21-10-5-11-25-13-16-6-8-17(24-4)9-7-16/h6-9H,5,10-13H2,1-4H3,(H2,20,21,22). The lowest BCUT2D eigenvalue weighted by Gasteiger charge is -2.11. The fourth-order valence-electron chi connectivity index (χ4n) is 2.41. The minimum absolute atomic E-state index is 0.612. The normalized spacial score (nSPS) is 11.5. The Morgan fingerprint density at radius 1 is 1.19 bits per heavy atom. The molecule has 6 nitrogen and oxygen atoms in total. The van der Waals surface area contributed by atoms with Crippen LogP contribution in [0.1, 0.15) is 27.6 Å². The number of thiazole rings is 1. The van der Waals surface area contributed by atoms with Crippen LogP contribution >= 0.6 is 11.3 Å². The van der Waals surface area contributed by atoms with Crippen LogP contribution in [0.3, 0.4) is 0 Å². The first-order valence-corrected chi connectivity index (χ1v) is 9.52. The van der Waals surface area contributed by atoms with E-state index in [1.54, 1.807) is 25.5 Å². The third-order valence-electron chi connectivity index (χ3n) is 3.83. The predicted octanol–water partition coefficient (Wildman–Crippen LogP) is 3.04. The molecule has 0 aliphatic heterocycles. The number of aryl methyl sites for hydroxylation is 2. The Morgan fingerprint density at radius 3 is 2.58 bits per heavy atom. The highest BCUT2D eigenvalue weighted by Crippen LogP contribution is 2.16. The van der Waals surface area contributed by atoms with Gasteiger partial charge in [-0.15, -0.1) is 11.3 Å². The second-order valence-electron chi connectivity index (χ2n) is 5.85. The summed E-state index contributed by atoms with van der Waals surface area (Å²) in [6, 6.07) is 7.93. The first-order chi connectivity index (χ1) is 12.6. The third-order valence-corrected chi connectivity index (χ3v) is 4.90. The van der Waals surface area contributed by atoms with Gasteiger partial charge in [0.1, 0.15) is 5.75 Å². The van der Waals surface area contributed by atoms with Crippen molar-refractivity contribution in [1.29, 1.82) is 0 Å². The summed E-state index contributed by atoms with van der Waals surface area (Å²) in [7, 11) is 3.45. The van der Waals surface area contributed by atoms with Crippen molar-refractivity contribution in [2.75, 3.05) is 27.3 Å². The number of nitrogens with one attached hydrogen (secondary N) is 2. The van der Waals surface area contributed by atoms with Gasteiger partial charge in [0, 0.05) is 25.1 Å². The molecular formula is C19H28N4O2S. The highest BCUT2D eigenvalue weighted by molar-refractivity contribution is 7.11. The molecule has 2 N–H and O–H groups in total. The van der Waals surface area contributed by atoms with Crippen LogP contribution in [0.15, 0.2) is 29.3 Å². The molecule has 0 amide bonds. The number of hydrogen-bond acceptors (Lipinski definition) is 5. The summed E-state index contributed by atoms with van der Waals surface area (Å²) >= 11 is 1.72. The van der Waals surface area contributed by atoms with E-state index in [0.29, 0.717) is 13.2 Å². The van der Waals surface area contributed by atoms with E-state index in [4.69, 9.17) is 9.47 Å². The van der Waals surface area contributed by atoms with Crippen LogP contribution < -0.4 is 15.4 Å². The van der Waals surface area contributed by atoms with E-state index in [2.05, 4.69) is 20.6 Å². The van der Waals surface area contributed by atoms with E-state index in [-0.39, 0.29) is 0 Å². The highest BCUT2D eigenvalue weighted by Gasteiger charge is 2.05. The average Bonchev–Trinajstić information content (AvgIpc) is 2.98. The summed E-state index contributed by atoms with van der Waals surface area (Å²) in [5.41, 5.74) is 2.23. The molecule has 0 bridgehead atoms. The number of ether oxygens (including phenoxy) is 2. The zero-order valence-corrected chi connectivity index (χ0v) is 16.8. The molecule has 1 aromatic heterocycles. The minimum Gasteiger partial charge on any atom is -0.497 e. The molecule has 1 heterocycles. The second-order valence-corrected chi connectivity index (χ2v) is 7.14. The van der Waals surface area contributed by atoms with Crippen LogP contribution in [0.2, 0.25) is 0 Å². The van der Waals surface area contributed by atoms with Crippen molar-refractivity contribution in [2.45, 2.75) is 33.4 Å². The maximum atomic E-state index is 5.71.